The number of hydrogen-bond donors (Lipinski definition) is 1. The molecule has 3 heterocycles. The average molecular weight is 391 g/mol. The van der Waals surface area contributed by atoms with E-state index in [1.807, 2.05) is 12.3 Å². The maximum absolute atomic E-state index is 9.60. The van der Waals surface area contributed by atoms with Gasteiger partial charge in [0.25, 0.3) is 0 Å². The van der Waals surface area contributed by atoms with E-state index in [-0.39, 0.29) is 6.61 Å². The minimum atomic E-state index is 0.242. The first-order valence-corrected chi connectivity index (χ1v) is 10.5. The molecule has 0 spiro atoms. The molecule has 0 saturated carbocycles. The van der Waals surface area contributed by atoms with Crippen molar-refractivity contribution in [2.24, 2.45) is 0 Å². The van der Waals surface area contributed by atoms with Gasteiger partial charge >= 0.3 is 0 Å². The predicted molar refractivity (Wildman–Crippen MR) is 116 cm³/mol. The van der Waals surface area contributed by atoms with E-state index < -0.39 is 0 Å². The highest BCUT2D eigenvalue weighted by Gasteiger charge is 2.26. The Kier molecular flexibility index (Phi) is 6.72. The van der Waals surface area contributed by atoms with Crippen molar-refractivity contribution in [3.05, 3.63) is 84.4 Å². The van der Waals surface area contributed by atoms with E-state index in [4.69, 9.17) is 0 Å². The second kappa shape index (κ2) is 9.83. The Morgan fingerprint density at radius 2 is 1.90 bits per heavy atom. The highest BCUT2D eigenvalue weighted by molar-refractivity contribution is 5.32. The molecule has 5 heteroatoms. The quantitative estimate of drug-likeness (QED) is 0.642. The van der Waals surface area contributed by atoms with Crippen LogP contribution in [-0.4, -0.2) is 63.3 Å². The second-order valence-corrected chi connectivity index (χ2v) is 7.75. The second-order valence-electron chi connectivity index (χ2n) is 7.75. The lowest BCUT2D eigenvalue weighted by molar-refractivity contribution is 0.0554. The van der Waals surface area contributed by atoms with Gasteiger partial charge in [-0.05, 0) is 42.7 Å². The highest BCUT2D eigenvalue weighted by atomic mass is 16.3. The normalized spacial score (nSPS) is 18.2. The highest BCUT2D eigenvalue weighted by Crippen LogP contribution is 2.19. The maximum Gasteiger partial charge on any atom is 0.0636 e. The van der Waals surface area contributed by atoms with E-state index in [1.54, 1.807) is 6.20 Å². The van der Waals surface area contributed by atoms with Gasteiger partial charge < -0.3 is 9.67 Å². The third-order valence-electron chi connectivity index (χ3n) is 5.82. The van der Waals surface area contributed by atoms with Crippen LogP contribution in [0.1, 0.15) is 17.7 Å². The lowest BCUT2D eigenvalue weighted by Gasteiger charge is -2.41. The molecular weight excluding hydrogens is 360 g/mol. The average Bonchev–Trinajstić information content (AvgIpc) is 3.23. The summed E-state index contributed by atoms with van der Waals surface area (Å²) in [6.07, 6.45) is 7.70. The van der Waals surface area contributed by atoms with Crippen LogP contribution in [0.5, 0.6) is 0 Å². The third-order valence-corrected chi connectivity index (χ3v) is 5.82. The first-order valence-electron chi connectivity index (χ1n) is 10.5. The first kappa shape index (κ1) is 19.8. The summed E-state index contributed by atoms with van der Waals surface area (Å²) in [5.74, 6) is 0. The Balaban J connectivity index is 1.38. The molecule has 152 valence electrons. The van der Waals surface area contributed by atoms with Gasteiger partial charge in [-0.15, -0.1) is 0 Å². The van der Waals surface area contributed by atoms with Crippen molar-refractivity contribution in [1.29, 1.82) is 0 Å². The third kappa shape index (κ3) is 5.12. The van der Waals surface area contributed by atoms with Gasteiger partial charge in [0, 0.05) is 63.5 Å². The molecule has 1 atom stereocenters. The molecule has 2 aromatic heterocycles. The number of nitrogens with zero attached hydrogens (tertiary/aromatic N) is 4. The number of pyridine rings is 1. The number of aliphatic hydroxyl groups excluding tert-OH is 1. The molecule has 0 aliphatic carbocycles. The summed E-state index contributed by atoms with van der Waals surface area (Å²) >= 11 is 0. The molecule has 1 N–H and O–H groups in total. The minimum Gasteiger partial charge on any atom is -0.396 e. The molecule has 1 unspecified atom stereocenters. The Bertz CT molecular complexity index is 865. The number of piperazine rings is 1. The van der Waals surface area contributed by atoms with Crippen LogP contribution in [0.15, 0.2) is 73.2 Å². The summed E-state index contributed by atoms with van der Waals surface area (Å²) in [7, 11) is 0. The molecule has 3 aromatic rings. The van der Waals surface area contributed by atoms with E-state index in [0.717, 1.165) is 51.3 Å². The molecule has 1 aliphatic heterocycles. The summed E-state index contributed by atoms with van der Waals surface area (Å²) in [5, 5.41) is 9.60. The van der Waals surface area contributed by atoms with Crippen LogP contribution in [0.3, 0.4) is 0 Å². The summed E-state index contributed by atoms with van der Waals surface area (Å²) in [6.45, 7) is 5.30. The summed E-state index contributed by atoms with van der Waals surface area (Å²) in [6, 6.07) is 19.4. The molecule has 0 amide bonds. The predicted octanol–water partition coefficient (Wildman–Crippen LogP) is 2.98. The number of hydrogen-bond acceptors (Lipinski definition) is 4. The SMILES string of the molecule is OCCC1CN(Cc2cccn2-c2cccnc2)CCN1CCc1ccccc1. The molecule has 1 fully saturated rings. The summed E-state index contributed by atoms with van der Waals surface area (Å²) in [5.41, 5.74) is 3.76. The van der Waals surface area contributed by atoms with Gasteiger partial charge in [-0.3, -0.25) is 14.8 Å². The fourth-order valence-electron chi connectivity index (χ4n) is 4.26. The zero-order valence-corrected chi connectivity index (χ0v) is 16.9. The van der Waals surface area contributed by atoms with Crippen LogP contribution in [0.4, 0.5) is 0 Å². The number of aliphatic hydroxyl groups is 1. The summed E-state index contributed by atoms with van der Waals surface area (Å²) in [4.78, 5) is 9.32. The maximum atomic E-state index is 9.60. The van der Waals surface area contributed by atoms with Crippen LogP contribution in [0.2, 0.25) is 0 Å². The molecule has 5 nitrogen and oxygen atoms in total. The first-order chi connectivity index (χ1) is 14.3. The van der Waals surface area contributed by atoms with Crippen LogP contribution in [-0.2, 0) is 13.0 Å². The Morgan fingerprint density at radius 3 is 2.69 bits per heavy atom. The van der Waals surface area contributed by atoms with Crippen LogP contribution >= 0.6 is 0 Å². The fraction of sp³-hybridized carbons (Fsp3) is 0.375. The molecule has 1 saturated heterocycles. The van der Waals surface area contributed by atoms with E-state index in [1.165, 1.54) is 11.3 Å². The molecule has 0 radical (unpaired) electrons. The molecule has 0 bridgehead atoms. The van der Waals surface area contributed by atoms with Crippen molar-refractivity contribution >= 4 is 0 Å². The van der Waals surface area contributed by atoms with Crippen molar-refractivity contribution in [2.45, 2.75) is 25.4 Å². The lowest BCUT2D eigenvalue weighted by atomic mass is 10.1. The van der Waals surface area contributed by atoms with Crippen molar-refractivity contribution in [2.75, 3.05) is 32.8 Å². The molecular formula is C24H30N4O. The van der Waals surface area contributed by atoms with Crippen molar-refractivity contribution in [3.63, 3.8) is 0 Å². The zero-order chi connectivity index (χ0) is 19.9. The Labute approximate surface area is 173 Å². The monoisotopic (exact) mass is 390 g/mol. The largest absolute Gasteiger partial charge is 0.396 e. The minimum absolute atomic E-state index is 0.242. The molecule has 1 aromatic carbocycles. The van der Waals surface area contributed by atoms with Crippen LogP contribution < -0.4 is 0 Å². The smallest absolute Gasteiger partial charge is 0.0636 e. The van der Waals surface area contributed by atoms with Gasteiger partial charge in [0.1, 0.15) is 0 Å². The van der Waals surface area contributed by atoms with Crippen molar-refractivity contribution < 1.29 is 5.11 Å². The van der Waals surface area contributed by atoms with Crippen molar-refractivity contribution in [3.8, 4) is 5.69 Å². The van der Waals surface area contributed by atoms with Crippen molar-refractivity contribution in [1.82, 2.24) is 19.4 Å². The van der Waals surface area contributed by atoms with E-state index >= 15 is 0 Å². The number of aromatic nitrogens is 2. The Morgan fingerprint density at radius 1 is 1.00 bits per heavy atom. The number of benzene rings is 1. The number of rotatable bonds is 8. The fourth-order valence-corrected chi connectivity index (χ4v) is 4.26. The van der Waals surface area contributed by atoms with E-state index in [2.05, 4.69) is 74.1 Å². The summed E-state index contributed by atoms with van der Waals surface area (Å²) < 4.78 is 2.22. The van der Waals surface area contributed by atoms with E-state index in [0.29, 0.717) is 6.04 Å². The lowest BCUT2D eigenvalue weighted by Crippen LogP contribution is -2.53. The van der Waals surface area contributed by atoms with Gasteiger partial charge in [0.2, 0.25) is 0 Å². The van der Waals surface area contributed by atoms with Gasteiger partial charge in [-0.25, -0.2) is 0 Å². The Hall–Kier alpha value is -2.47. The van der Waals surface area contributed by atoms with Crippen LogP contribution in [0, 0.1) is 0 Å². The molecule has 1 aliphatic rings. The van der Waals surface area contributed by atoms with Gasteiger partial charge in [0.05, 0.1) is 11.9 Å². The van der Waals surface area contributed by atoms with E-state index in [9.17, 15) is 5.11 Å². The van der Waals surface area contributed by atoms with Gasteiger partial charge in [-0.2, -0.15) is 0 Å². The van der Waals surface area contributed by atoms with Gasteiger partial charge in [-0.1, -0.05) is 30.3 Å². The zero-order valence-electron chi connectivity index (χ0n) is 16.9. The molecule has 4 rings (SSSR count). The topological polar surface area (TPSA) is 44.5 Å². The van der Waals surface area contributed by atoms with Gasteiger partial charge in [0.15, 0.2) is 0 Å². The van der Waals surface area contributed by atoms with Crippen LogP contribution in [0.25, 0.3) is 5.69 Å². The molecule has 29 heavy (non-hydrogen) atoms. The standard InChI is InChI=1S/C24H30N4O/c29-17-11-23-19-26(15-16-27(23)14-10-21-6-2-1-3-7-21)20-24-9-5-13-28(24)22-8-4-12-25-18-22/h1-9,12-13,18,23,29H,10-11,14-17,19-20H2.